The molecule has 1 amide bonds. The van der Waals surface area contributed by atoms with Crippen molar-refractivity contribution in [3.8, 4) is 0 Å². The van der Waals surface area contributed by atoms with Gasteiger partial charge >= 0.3 is 0 Å². The van der Waals surface area contributed by atoms with Crippen LogP contribution in [0.25, 0.3) is 21.0 Å². The van der Waals surface area contributed by atoms with Crippen molar-refractivity contribution in [1.82, 2.24) is 14.8 Å². The number of aromatic nitrogens is 3. The number of benzene rings is 3. The highest BCUT2D eigenvalue weighted by molar-refractivity contribution is 7.22. The fourth-order valence-corrected chi connectivity index (χ4v) is 4.91. The van der Waals surface area contributed by atoms with Gasteiger partial charge in [-0.05, 0) is 34.5 Å². The van der Waals surface area contributed by atoms with Crippen LogP contribution in [0, 0.1) is 0 Å². The molecule has 0 unspecified atom stereocenters. The quantitative estimate of drug-likeness (QED) is 0.342. The van der Waals surface area contributed by atoms with Crippen molar-refractivity contribution < 1.29 is 4.79 Å². The molecule has 0 aliphatic heterocycles. The molecule has 2 aromatic heterocycles. The van der Waals surface area contributed by atoms with Gasteiger partial charge in [-0.25, -0.2) is 4.98 Å². The summed E-state index contributed by atoms with van der Waals surface area (Å²) in [6, 6.07) is 21.9. The molecule has 0 radical (unpaired) electrons. The first-order valence-electron chi connectivity index (χ1n) is 9.98. The number of anilines is 1. The molecule has 0 atom stereocenters. The summed E-state index contributed by atoms with van der Waals surface area (Å²) < 4.78 is 2.78. The molecule has 0 aliphatic carbocycles. The molecule has 0 aliphatic rings. The molecule has 5 aromatic rings. The highest BCUT2D eigenvalue weighted by atomic mass is 35.5. The van der Waals surface area contributed by atoms with Crippen molar-refractivity contribution in [1.29, 1.82) is 0 Å². The predicted molar refractivity (Wildman–Crippen MR) is 127 cm³/mol. The third-order valence-electron chi connectivity index (χ3n) is 5.17. The summed E-state index contributed by atoms with van der Waals surface area (Å²) in [5.41, 5.74) is 1.71. The Bertz CT molecular complexity index is 1360. The van der Waals surface area contributed by atoms with Gasteiger partial charge in [0.25, 0.3) is 0 Å². The average Bonchev–Trinajstić information content (AvgIpc) is 3.44. The maximum absolute atomic E-state index is 13.4. The van der Waals surface area contributed by atoms with Crippen molar-refractivity contribution >= 4 is 55.0 Å². The Morgan fingerprint density at radius 1 is 1.03 bits per heavy atom. The van der Waals surface area contributed by atoms with Crippen LogP contribution in [0.1, 0.15) is 5.56 Å². The summed E-state index contributed by atoms with van der Waals surface area (Å²) >= 11 is 7.80. The Morgan fingerprint density at radius 2 is 1.90 bits per heavy atom. The fourth-order valence-electron chi connectivity index (χ4n) is 3.60. The van der Waals surface area contributed by atoms with Gasteiger partial charge in [0.2, 0.25) is 5.91 Å². The molecular formula is C24H19ClN4OS. The first-order chi connectivity index (χ1) is 15.2. The predicted octanol–water partition coefficient (Wildman–Crippen LogP) is 5.58. The van der Waals surface area contributed by atoms with Gasteiger partial charge in [-0.15, -0.1) is 0 Å². The van der Waals surface area contributed by atoms with Crippen LogP contribution in [0.3, 0.4) is 0 Å². The molecule has 2 heterocycles. The third-order valence-corrected chi connectivity index (χ3v) is 6.52. The van der Waals surface area contributed by atoms with Crippen LogP contribution in [0.15, 0.2) is 79.1 Å². The zero-order valence-electron chi connectivity index (χ0n) is 16.6. The Labute approximate surface area is 188 Å². The lowest BCUT2D eigenvalue weighted by Gasteiger charge is -2.20. The van der Waals surface area contributed by atoms with E-state index in [0.717, 1.165) is 26.6 Å². The minimum atomic E-state index is -0.00221. The number of para-hydroxylation sites is 1. The highest BCUT2D eigenvalue weighted by Gasteiger charge is 2.21. The number of carbonyl (C=O) groups is 1. The van der Waals surface area contributed by atoms with Crippen molar-refractivity contribution in [2.24, 2.45) is 0 Å². The minimum absolute atomic E-state index is 0.00221. The second-order valence-corrected chi connectivity index (χ2v) is 8.67. The molecule has 0 N–H and O–H groups in total. The van der Waals surface area contributed by atoms with E-state index >= 15 is 0 Å². The summed E-state index contributed by atoms with van der Waals surface area (Å²) in [5, 5.41) is 7.79. The molecular weight excluding hydrogens is 428 g/mol. The second-order valence-electron chi connectivity index (χ2n) is 7.26. The van der Waals surface area contributed by atoms with E-state index in [1.165, 1.54) is 11.3 Å². The summed E-state index contributed by atoms with van der Waals surface area (Å²) in [7, 11) is 0. The first-order valence-corrected chi connectivity index (χ1v) is 11.2. The van der Waals surface area contributed by atoms with Crippen LogP contribution in [-0.4, -0.2) is 27.2 Å². The molecule has 0 bridgehead atoms. The molecule has 0 spiro atoms. The lowest BCUT2D eigenvalue weighted by Crippen LogP contribution is -2.35. The molecule has 3 aromatic carbocycles. The van der Waals surface area contributed by atoms with Gasteiger partial charge in [-0.2, -0.15) is 5.10 Å². The van der Waals surface area contributed by atoms with E-state index in [1.807, 2.05) is 53.3 Å². The van der Waals surface area contributed by atoms with E-state index in [2.05, 4.69) is 34.3 Å². The van der Waals surface area contributed by atoms with Crippen LogP contribution in [0.5, 0.6) is 0 Å². The van der Waals surface area contributed by atoms with E-state index in [0.29, 0.717) is 29.7 Å². The van der Waals surface area contributed by atoms with Gasteiger partial charge in [-0.3, -0.25) is 14.4 Å². The smallest absolute Gasteiger partial charge is 0.233 e. The van der Waals surface area contributed by atoms with Crippen LogP contribution < -0.4 is 4.90 Å². The maximum atomic E-state index is 13.4. The first kappa shape index (κ1) is 19.7. The van der Waals surface area contributed by atoms with Crippen LogP contribution in [-0.2, 0) is 17.8 Å². The van der Waals surface area contributed by atoms with Crippen molar-refractivity contribution in [2.45, 2.75) is 13.0 Å². The molecule has 154 valence electrons. The van der Waals surface area contributed by atoms with E-state index in [-0.39, 0.29) is 5.91 Å². The van der Waals surface area contributed by atoms with Gasteiger partial charge in [0.15, 0.2) is 5.13 Å². The fraction of sp³-hybridized carbons (Fsp3) is 0.125. The molecule has 5 nitrogen and oxygen atoms in total. The third kappa shape index (κ3) is 4.17. The van der Waals surface area contributed by atoms with Gasteiger partial charge in [0.1, 0.15) is 5.52 Å². The van der Waals surface area contributed by atoms with Crippen molar-refractivity contribution in [3.05, 3.63) is 89.7 Å². The summed E-state index contributed by atoms with van der Waals surface area (Å²) in [6.45, 7) is 1.06. The summed E-state index contributed by atoms with van der Waals surface area (Å²) in [6.07, 6.45) is 3.92. The topological polar surface area (TPSA) is 51.0 Å². The number of thiazole rings is 1. The van der Waals surface area contributed by atoms with Crippen LogP contribution in [0.4, 0.5) is 5.13 Å². The number of carbonyl (C=O) groups excluding carboxylic acids is 1. The van der Waals surface area contributed by atoms with Gasteiger partial charge in [-0.1, -0.05) is 71.5 Å². The SMILES string of the molecule is O=C(Cc1ccc2ccccc2c1)N(CCn1cccn1)c1nc2c(Cl)cccc2s1. The van der Waals surface area contributed by atoms with Gasteiger partial charge < -0.3 is 0 Å². The molecule has 31 heavy (non-hydrogen) atoms. The van der Waals surface area contributed by atoms with Crippen molar-refractivity contribution in [3.63, 3.8) is 0 Å². The lowest BCUT2D eigenvalue weighted by molar-refractivity contribution is -0.118. The summed E-state index contributed by atoms with van der Waals surface area (Å²) in [4.78, 5) is 19.8. The number of hydrogen-bond acceptors (Lipinski definition) is 4. The van der Waals surface area contributed by atoms with E-state index in [1.54, 1.807) is 11.1 Å². The Morgan fingerprint density at radius 3 is 2.71 bits per heavy atom. The molecule has 5 rings (SSSR count). The van der Waals surface area contributed by atoms with Crippen LogP contribution in [0.2, 0.25) is 5.02 Å². The largest absolute Gasteiger partial charge is 0.286 e. The zero-order chi connectivity index (χ0) is 21.2. The van der Waals surface area contributed by atoms with Gasteiger partial charge in [0, 0.05) is 18.9 Å². The molecule has 0 saturated carbocycles. The maximum Gasteiger partial charge on any atom is 0.233 e. The molecule has 7 heteroatoms. The number of rotatable bonds is 6. The normalized spacial score (nSPS) is 11.3. The minimum Gasteiger partial charge on any atom is -0.286 e. The highest BCUT2D eigenvalue weighted by Crippen LogP contribution is 2.33. The van der Waals surface area contributed by atoms with Crippen LogP contribution >= 0.6 is 22.9 Å². The Hall–Kier alpha value is -3.22. The Kier molecular flexibility index (Phi) is 5.40. The van der Waals surface area contributed by atoms with Gasteiger partial charge in [0.05, 0.1) is 22.7 Å². The standard InChI is InChI=1S/C24H19ClN4OS/c25-20-7-3-8-21-23(20)27-24(31-21)29(14-13-28-12-4-11-26-28)22(30)16-17-9-10-18-5-1-2-6-19(18)15-17/h1-12,15H,13-14,16H2. The Balaban J connectivity index is 1.45. The average molecular weight is 447 g/mol. The van der Waals surface area contributed by atoms with E-state index in [9.17, 15) is 4.79 Å². The zero-order valence-corrected chi connectivity index (χ0v) is 18.2. The van der Waals surface area contributed by atoms with Crippen molar-refractivity contribution in [2.75, 3.05) is 11.4 Å². The second kappa shape index (κ2) is 8.49. The number of fused-ring (bicyclic) bond motifs is 2. The van der Waals surface area contributed by atoms with E-state index < -0.39 is 0 Å². The number of hydrogen-bond donors (Lipinski definition) is 0. The molecule has 0 saturated heterocycles. The molecule has 0 fully saturated rings. The van der Waals surface area contributed by atoms with E-state index in [4.69, 9.17) is 11.6 Å². The number of amides is 1. The number of halogens is 1. The summed E-state index contributed by atoms with van der Waals surface area (Å²) in [5.74, 6) is -0.00221. The lowest BCUT2D eigenvalue weighted by atomic mass is 10.0. The monoisotopic (exact) mass is 446 g/mol. The number of nitrogens with zero attached hydrogens (tertiary/aromatic N) is 4.